The Morgan fingerprint density at radius 3 is 2.67 bits per heavy atom. The lowest BCUT2D eigenvalue weighted by Gasteiger charge is -2.12. The third kappa shape index (κ3) is 7.48. The molecule has 0 aliphatic carbocycles. The van der Waals surface area contributed by atoms with Crippen molar-refractivity contribution in [1.29, 1.82) is 0 Å². The first-order chi connectivity index (χ1) is 18.6. The summed E-state index contributed by atoms with van der Waals surface area (Å²) in [6, 6.07) is 1.58. The van der Waals surface area contributed by atoms with Crippen LogP contribution < -0.4 is 16.0 Å². The standard InChI is InChI=1S/C23H21ClF3N9O2S/c1-13(34-20(37)16-8-18(33-11-32-16)29-3-2-5-36-6-4-28-12-36)22-31-10-17(39-22)21(38)35-19-7-14(23(25,26)27)15(24)9-30-19/h4,6-13H,2-3,5H2,1H3,(H,34,37)(H,29,32,33)(H,30,35,38). The van der Waals surface area contributed by atoms with Crippen molar-refractivity contribution in [1.82, 2.24) is 34.8 Å². The minimum atomic E-state index is -4.70. The summed E-state index contributed by atoms with van der Waals surface area (Å²) in [5.74, 6) is -1.01. The van der Waals surface area contributed by atoms with Gasteiger partial charge in [0.25, 0.3) is 11.8 Å². The van der Waals surface area contributed by atoms with E-state index in [1.165, 1.54) is 18.6 Å². The van der Waals surface area contributed by atoms with Crippen LogP contribution in [0.25, 0.3) is 0 Å². The van der Waals surface area contributed by atoms with Gasteiger partial charge in [-0.15, -0.1) is 11.3 Å². The molecule has 11 nitrogen and oxygen atoms in total. The van der Waals surface area contributed by atoms with Crippen molar-refractivity contribution in [3.05, 3.63) is 75.7 Å². The van der Waals surface area contributed by atoms with Crippen LogP contribution in [0.1, 0.15) is 50.1 Å². The van der Waals surface area contributed by atoms with Crippen molar-refractivity contribution in [3.8, 4) is 0 Å². The van der Waals surface area contributed by atoms with Crippen molar-refractivity contribution < 1.29 is 22.8 Å². The fourth-order valence-corrected chi connectivity index (χ4v) is 4.33. The molecule has 0 fully saturated rings. The number of alkyl halides is 3. The number of rotatable bonds is 10. The highest BCUT2D eigenvalue weighted by Crippen LogP contribution is 2.35. The van der Waals surface area contributed by atoms with Crippen LogP contribution in [0.15, 0.2) is 49.6 Å². The molecular weight excluding hydrogens is 559 g/mol. The molecular formula is C23H21ClF3N9O2S. The SMILES string of the molecule is CC(NC(=O)c1cc(NCCCn2ccnc2)ncn1)c1ncc(C(=O)Nc2cc(C(F)(F)F)c(Cl)cn2)s1. The Bertz CT molecular complexity index is 1450. The monoisotopic (exact) mass is 579 g/mol. The number of aromatic nitrogens is 6. The summed E-state index contributed by atoms with van der Waals surface area (Å²) in [6.45, 7) is 3.08. The van der Waals surface area contributed by atoms with E-state index < -0.39 is 34.6 Å². The minimum absolute atomic E-state index is 0.112. The Balaban J connectivity index is 1.32. The number of pyridine rings is 1. The maximum Gasteiger partial charge on any atom is 0.418 e. The van der Waals surface area contributed by atoms with Gasteiger partial charge >= 0.3 is 6.18 Å². The Labute approximate surface area is 228 Å². The van der Waals surface area contributed by atoms with Crippen LogP contribution in [0.4, 0.5) is 24.8 Å². The third-order valence-corrected chi connectivity index (χ3v) is 6.71. The summed E-state index contributed by atoms with van der Waals surface area (Å²) in [7, 11) is 0. The summed E-state index contributed by atoms with van der Waals surface area (Å²) in [4.78, 5) is 45.4. The molecule has 204 valence electrons. The van der Waals surface area contributed by atoms with Crippen LogP contribution in [0.3, 0.4) is 0 Å². The molecule has 4 rings (SSSR count). The quantitative estimate of drug-likeness (QED) is 0.234. The summed E-state index contributed by atoms with van der Waals surface area (Å²) in [5, 5.41) is 8.02. The number of halogens is 4. The third-order valence-electron chi connectivity index (χ3n) is 5.23. The number of amides is 2. The normalized spacial score (nSPS) is 12.1. The highest BCUT2D eigenvalue weighted by molar-refractivity contribution is 7.13. The van der Waals surface area contributed by atoms with Gasteiger partial charge in [-0.25, -0.2) is 24.9 Å². The average Bonchev–Trinajstić information content (AvgIpc) is 3.60. The van der Waals surface area contributed by atoms with Crippen LogP contribution in [-0.2, 0) is 12.7 Å². The lowest BCUT2D eigenvalue weighted by Crippen LogP contribution is -2.27. The van der Waals surface area contributed by atoms with Gasteiger partial charge in [-0.3, -0.25) is 9.59 Å². The second-order valence-electron chi connectivity index (χ2n) is 8.13. The van der Waals surface area contributed by atoms with Crippen LogP contribution >= 0.6 is 22.9 Å². The van der Waals surface area contributed by atoms with Gasteiger partial charge in [-0.2, -0.15) is 13.2 Å². The summed E-state index contributed by atoms with van der Waals surface area (Å²) in [6.07, 6.45) is 4.77. The Kier molecular flexibility index (Phi) is 8.71. The number of carbonyl (C=O) groups is 2. The van der Waals surface area contributed by atoms with Crippen LogP contribution in [0, 0.1) is 0 Å². The van der Waals surface area contributed by atoms with Crippen LogP contribution in [0.2, 0.25) is 5.02 Å². The van der Waals surface area contributed by atoms with Crippen LogP contribution in [0.5, 0.6) is 0 Å². The van der Waals surface area contributed by atoms with E-state index in [-0.39, 0.29) is 16.4 Å². The highest BCUT2D eigenvalue weighted by Gasteiger charge is 2.34. The highest BCUT2D eigenvalue weighted by atomic mass is 35.5. The molecule has 0 aromatic carbocycles. The molecule has 0 spiro atoms. The molecule has 16 heteroatoms. The summed E-state index contributed by atoms with van der Waals surface area (Å²) >= 11 is 6.53. The number of nitrogens with one attached hydrogen (secondary N) is 3. The molecule has 0 saturated heterocycles. The first kappa shape index (κ1) is 27.9. The van der Waals surface area contributed by atoms with E-state index in [1.54, 1.807) is 19.4 Å². The zero-order valence-corrected chi connectivity index (χ0v) is 21.8. The second-order valence-corrected chi connectivity index (χ2v) is 9.60. The Morgan fingerprint density at radius 1 is 1.10 bits per heavy atom. The number of thiazole rings is 1. The van der Waals surface area contributed by atoms with Crippen molar-refractivity contribution in [2.24, 2.45) is 0 Å². The molecule has 1 atom stereocenters. The molecule has 0 bridgehead atoms. The van der Waals surface area contributed by atoms with E-state index in [1.807, 2.05) is 10.8 Å². The molecule has 4 heterocycles. The number of nitrogens with zero attached hydrogens (tertiary/aromatic N) is 6. The number of anilines is 2. The zero-order chi connectivity index (χ0) is 28.0. The zero-order valence-electron chi connectivity index (χ0n) is 20.2. The van der Waals surface area contributed by atoms with Gasteiger partial charge in [0.05, 0.1) is 29.2 Å². The molecule has 0 saturated carbocycles. The number of carbonyl (C=O) groups excluding carboxylic acids is 2. The van der Waals surface area contributed by atoms with Crippen molar-refractivity contribution in [3.63, 3.8) is 0 Å². The first-order valence-corrected chi connectivity index (χ1v) is 12.6. The lowest BCUT2D eigenvalue weighted by atomic mass is 10.2. The lowest BCUT2D eigenvalue weighted by molar-refractivity contribution is -0.137. The topological polar surface area (TPSA) is 140 Å². The smallest absolute Gasteiger partial charge is 0.370 e. The molecule has 4 aromatic rings. The van der Waals surface area contributed by atoms with Gasteiger partial charge in [0.2, 0.25) is 0 Å². The molecule has 0 aliphatic heterocycles. The maximum absolute atomic E-state index is 13.1. The van der Waals surface area contributed by atoms with E-state index in [4.69, 9.17) is 11.6 Å². The van der Waals surface area contributed by atoms with E-state index in [0.29, 0.717) is 23.4 Å². The Morgan fingerprint density at radius 2 is 1.92 bits per heavy atom. The predicted molar refractivity (Wildman–Crippen MR) is 138 cm³/mol. The van der Waals surface area contributed by atoms with E-state index in [0.717, 1.165) is 30.5 Å². The van der Waals surface area contributed by atoms with Gasteiger partial charge in [0, 0.05) is 37.7 Å². The van der Waals surface area contributed by atoms with Gasteiger partial charge in [0.1, 0.15) is 33.5 Å². The van der Waals surface area contributed by atoms with Gasteiger partial charge in [-0.05, 0) is 19.4 Å². The molecule has 0 aliphatic rings. The molecule has 3 N–H and O–H groups in total. The molecule has 2 amide bonds. The first-order valence-electron chi connectivity index (χ1n) is 11.4. The van der Waals surface area contributed by atoms with E-state index >= 15 is 0 Å². The van der Waals surface area contributed by atoms with Crippen molar-refractivity contribution in [2.75, 3.05) is 17.2 Å². The maximum atomic E-state index is 13.1. The van der Waals surface area contributed by atoms with Crippen molar-refractivity contribution in [2.45, 2.75) is 32.1 Å². The van der Waals surface area contributed by atoms with Gasteiger partial charge in [0.15, 0.2) is 0 Å². The molecule has 1 unspecified atom stereocenters. The van der Waals surface area contributed by atoms with Crippen molar-refractivity contribution >= 4 is 46.4 Å². The number of hydrogen-bond acceptors (Lipinski definition) is 9. The van der Waals surface area contributed by atoms with Gasteiger partial charge in [-0.1, -0.05) is 11.6 Å². The molecule has 39 heavy (non-hydrogen) atoms. The van der Waals surface area contributed by atoms with E-state index in [9.17, 15) is 22.8 Å². The predicted octanol–water partition coefficient (Wildman–Crippen LogP) is 4.44. The Hall–Kier alpha value is -4.11. The number of hydrogen-bond donors (Lipinski definition) is 3. The molecule has 0 radical (unpaired) electrons. The second kappa shape index (κ2) is 12.2. The fourth-order valence-electron chi connectivity index (χ4n) is 3.30. The number of aryl methyl sites for hydroxylation is 1. The summed E-state index contributed by atoms with van der Waals surface area (Å²) < 4.78 is 41.2. The fraction of sp³-hybridized carbons (Fsp3) is 0.261. The van der Waals surface area contributed by atoms with Crippen LogP contribution in [-0.4, -0.2) is 47.8 Å². The van der Waals surface area contributed by atoms with E-state index in [2.05, 4.69) is 40.9 Å². The van der Waals surface area contributed by atoms with Gasteiger partial charge < -0.3 is 20.5 Å². The minimum Gasteiger partial charge on any atom is -0.370 e. The average molecular weight is 580 g/mol. The number of imidazole rings is 1. The largest absolute Gasteiger partial charge is 0.418 e. The summed E-state index contributed by atoms with van der Waals surface area (Å²) in [5.41, 5.74) is -0.980. The molecule has 4 aromatic heterocycles.